The number of hydrazone groups is 2. The molecule has 0 saturated heterocycles. The summed E-state index contributed by atoms with van der Waals surface area (Å²) in [5.74, 6) is 10.7. The molecule has 0 aliphatic heterocycles. The van der Waals surface area contributed by atoms with Crippen molar-refractivity contribution >= 4 is 18.3 Å². The molecule has 1 aliphatic rings. The van der Waals surface area contributed by atoms with Crippen LogP contribution in [0.1, 0.15) is 34.6 Å². The van der Waals surface area contributed by atoms with Crippen LogP contribution in [0.4, 0.5) is 0 Å². The van der Waals surface area contributed by atoms with Crippen LogP contribution in [-0.4, -0.2) is 18.3 Å². The first kappa shape index (κ1) is 16.7. The van der Waals surface area contributed by atoms with Gasteiger partial charge in [-0.15, -0.1) is 0 Å². The second kappa shape index (κ2) is 7.61. The fourth-order valence-corrected chi connectivity index (χ4v) is 3.00. The first-order chi connectivity index (χ1) is 12.2. The van der Waals surface area contributed by atoms with E-state index in [0.29, 0.717) is 6.54 Å². The average molecular weight is 335 g/mol. The molecule has 0 aromatic heterocycles. The number of rotatable bonds is 6. The van der Waals surface area contributed by atoms with Crippen molar-refractivity contribution in [3.63, 3.8) is 0 Å². The summed E-state index contributed by atoms with van der Waals surface area (Å²) >= 11 is 0. The van der Waals surface area contributed by atoms with E-state index in [2.05, 4.69) is 15.5 Å². The smallest absolute Gasteiger partial charge is 0.224 e. The Morgan fingerprint density at radius 1 is 1.08 bits per heavy atom. The summed E-state index contributed by atoms with van der Waals surface area (Å²) in [5, 5.41) is 10.1. The fourth-order valence-electron chi connectivity index (χ4n) is 3.00. The van der Waals surface area contributed by atoms with E-state index in [9.17, 15) is 4.79 Å². The van der Waals surface area contributed by atoms with Gasteiger partial charge in [-0.1, -0.05) is 36.4 Å². The summed E-state index contributed by atoms with van der Waals surface area (Å²) in [6.07, 6.45) is 4.06. The van der Waals surface area contributed by atoms with Crippen molar-refractivity contribution in [2.45, 2.75) is 18.9 Å². The van der Waals surface area contributed by atoms with Crippen LogP contribution in [0, 0.1) is 5.92 Å². The van der Waals surface area contributed by atoms with Crippen molar-refractivity contribution in [3.8, 4) is 0 Å². The molecule has 6 heteroatoms. The Bertz CT molecular complexity index is 815. The molecule has 0 heterocycles. The molecule has 0 spiro atoms. The Kier molecular flexibility index (Phi) is 5.09. The third-order valence-corrected chi connectivity index (χ3v) is 4.33. The van der Waals surface area contributed by atoms with Gasteiger partial charge in [0.2, 0.25) is 5.91 Å². The molecule has 3 rings (SSSR count). The minimum absolute atomic E-state index is 0.0267. The molecule has 2 aromatic carbocycles. The Hall–Kier alpha value is -3.15. The van der Waals surface area contributed by atoms with Gasteiger partial charge in [-0.05, 0) is 46.7 Å². The number of hydrogen-bond acceptors (Lipinski definition) is 5. The standard InChI is InChI=1S/C19H21N5O/c20-23-11-14-4-1-3-13(7-14)10-22-19(25)18-9-17(18)16-6-2-5-15(8-16)12-24-21/h1-8,11-12,17-18H,9-10,20-21H2,(H,22,25)/t17-,18+/m0/s1. The number of amides is 1. The van der Waals surface area contributed by atoms with Gasteiger partial charge in [-0.2, -0.15) is 10.2 Å². The number of carbonyl (C=O) groups is 1. The summed E-state index contributed by atoms with van der Waals surface area (Å²) in [6, 6.07) is 15.7. The minimum atomic E-state index is 0.0267. The van der Waals surface area contributed by atoms with E-state index in [-0.39, 0.29) is 17.7 Å². The molecule has 6 nitrogen and oxygen atoms in total. The molecule has 5 N–H and O–H groups in total. The van der Waals surface area contributed by atoms with Gasteiger partial charge in [0.15, 0.2) is 0 Å². The molecule has 0 radical (unpaired) electrons. The molecule has 1 fully saturated rings. The molecular weight excluding hydrogens is 314 g/mol. The number of carbonyl (C=O) groups excluding carboxylic acids is 1. The zero-order valence-corrected chi connectivity index (χ0v) is 13.8. The topological polar surface area (TPSA) is 106 Å². The average Bonchev–Trinajstić information content (AvgIpc) is 3.42. The second-order valence-electron chi connectivity index (χ2n) is 6.14. The van der Waals surface area contributed by atoms with Crippen LogP contribution in [0.2, 0.25) is 0 Å². The lowest BCUT2D eigenvalue weighted by Gasteiger charge is -2.06. The highest BCUT2D eigenvalue weighted by Crippen LogP contribution is 2.47. The van der Waals surface area contributed by atoms with Crippen LogP contribution in [0.3, 0.4) is 0 Å². The van der Waals surface area contributed by atoms with Crippen molar-refractivity contribution in [3.05, 3.63) is 70.8 Å². The SMILES string of the molecule is NN=Cc1cccc(CNC(=O)[C@@H]2C[C@H]2c2cccc(C=NN)c2)c1. The second-order valence-corrected chi connectivity index (χ2v) is 6.14. The third kappa shape index (κ3) is 4.23. The zero-order chi connectivity index (χ0) is 17.6. The maximum Gasteiger partial charge on any atom is 0.224 e. The van der Waals surface area contributed by atoms with Gasteiger partial charge in [0, 0.05) is 12.5 Å². The molecule has 2 atom stereocenters. The quantitative estimate of drug-likeness (QED) is 0.425. The predicted octanol–water partition coefficient (Wildman–Crippen LogP) is 1.69. The van der Waals surface area contributed by atoms with Crippen LogP contribution in [0.25, 0.3) is 0 Å². The lowest BCUT2D eigenvalue weighted by Crippen LogP contribution is -2.24. The van der Waals surface area contributed by atoms with Gasteiger partial charge in [0.25, 0.3) is 0 Å². The van der Waals surface area contributed by atoms with E-state index < -0.39 is 0 Å². The van der Waals surface area contributed by atoms with E-state index in [1.54, 1.807) is 12.4 Å². The van der Waals surface area contributed by atoms with Crippen LogP contribution in [0.5, 0.6) is 0 Å². The summed E-state index contributed by atoms with van der Waals surface area (Å²) < 4.78 is 0. The van der Waals surface area contributed by atoms with Gasteiger partial charge in [0.05, 0.1) is 12.4 Å². The molecule has 25 heavy (non-hydrogen) atoms. The van der Waals surface area contributed by atoms with Crippen LogP contribution in [0.15, 0.2) is 58.7 Å². The molecule has 1 aliphatic carbocycles. The monoisotopic (exact) mass is 335 g/mol. The van der Waals surface area contributed by atoms with Gasteiger partial charge in [-0.25, -0.2) is 0 Å². The van der Waals surface area contributed by atoms with Crippen molar-refractivity contribution in [1.29, 1.82) is 0 Å². The van der Waals surface area contributed by atoms with E-state index >= 15 is 0 Å². The van der Waals surface area contributed by atoms with Crippen molar-refractivity contribution in [1.82, 2.24) is 5.32 Å². The van der Waals surface area contributed by atoms with Crippen LogP contribution in [-0.2, 0) is 11.3 Å². The van der Waals surface area contributed by atoms with E-state index in [1.165, 1.54) is 0 Å². The lowest BCUT2D eigenvalue weighted by atomic mass is 10.1. The van der Waals surface area contributed by atoms with Crippen molar-refractivity contribution in [2.24, 2.45) is 27.8 Å². The van der Waals surface area contributed by atoms with Crippen LogP contribution >= 0.6 is 0 Å². The third-order valence-electron chi connectivity index (χ3n) is 4.33. The van der Waals surface area contributed by atoms with Gasteiger partial charge < -0.3 is 17.0 Å². The first-order valence-electron chi connectivity index (χ1n) is 8.14. The predicted molar refractivity (Wildman–Crippen MR) is 99.1 cm³/mol. The van der Waals surface area contributed by atoms with E-state index in [0.717, 1.165) is 28.7 Å². The lowest BCUT2D eigenvalue weighted by molar-refractivity contribution is -0.122. The highest BCUT2D eigenvalue weighted by Gasteiger charge is 2.43. The highest BCUT2D eigenvalue weighted by atomic mass is 16.2. The maximum absolute atomic E-state index is 12.4. The summed E-state index contributed by atoms with van der Waals surface area (Å²) in [5.41, 5.74) is 4.03. The van der Waals surface area contributed by atoms with Crippen molar-refractivity contribution < 1.29 is 4.79 Å². The molecule has 1 amide bonds. The molecule has 1 saturated carbocycles. The highest BCUT2D eigenvalue weighted by molar-refractivity contribution is 5.84. The molecule has 2 aromatic rings. The Labute approximate surface area is 146 Å². The summed E-state index contributed by atoms with van der Waals surface area (Å²) in [4.78, 5) is 12.4. The molecule has 128 valence electrons. The number of hydrogen-bond donors (Lipinski definition) is 3. The van der Waals surface area contributed by atoms with E-state index in [1.807, 2.05) is 48.5 Å². The van der Waals surface area contributed by atoms with Gasteiger partial charge in [-0.3, -0.25) is 4.79 Å². The first-order valence-corrected chi connectivity index (χ1v) is 8.14. The number of nitrogens with two attached hydrogens (primary N) is 2. The molecule has 0 unspecified atom stereocenters. The van der Waals surface area contributed by atoms with Gasteiger partial charge in [0.1, 0.15) is 0 Å². The number of benzene rings is 2. The fraction of sp³-hybridized carbons (Fsp3) is 0.211. The largest absolute Gasteiger partial charge is 0.352 e. The maximum atomic E-state index is 12.4. The molecular formula is C19H21N5O. The van der Waals surface area contributed by atoms with Gasteiger partial charge >= 0.3 is 0 Å². The van der Waals surface area contributed by atoms with Crippen molar-refractivity contribution in [2.75, 3.05) is 0 Å². The Morgan fingerprint density at radius 3 is 2.48 bits per heavy atom. The molecule has 0 bridgehead atoms. The summed E-state index contributed by atoms with van der Waals surface area (Å²) in [7, 11) is 0. The zero-order valence-electron chi connectivity index (χ0n) is 13.8. The van der Waals surface area contributed by atoms with Crippen LogP contribution < -0.4 is 17.0 Å². The summed E-state index contributed by atoms with van der Waals surface area (Å²) in [6.45, 7) is 0.494. The Morgan fingerprint density at radius 2 is 1.76 bits per heavy atom. The normalized spacial score (nSPS) is 19.4. The van der Waals surface area contributed by atoms with E-state index in [4.69, 9.17) is 11.7 Å². The Balaban J connectivity index is 1.57. The number of nitrogens with one attached hydrogen (secondary N) is 1. The number of nitrogens with zero attached hydrogens (tertiary/aromatic N) is 2. The minimum Gasteiger partial charge on any atom is -0.352 e.